The van der Waals surface area contributed by atoms with Crippen LogP contribution in [0.15, 0.2) is 0 Å². The van der Waals surface area contributed by atoms with Crippen LogP contribution in [0, 0.1) is 5.41 Å². The van der Waals surface area contributed by atoms with Gasteiger partial charge in [-0.2, -0.15) is 13.2 Å². The zero-order valence-electron chi connectivity index (χ0n) is 10.9. The molecule has 0 spiro atoms. The molecule has 6 heteroatoms. The van der Waals surface area contributed by atoms with Gasteiger partial charge in [-0.3, -0.25) is 11.3 Å². The first-order valence-electron chi connectivity index (χ1n) is 5.67. The van der Waals surface area contributed by atoms with E-state index < -0.39 is 12.6 Å². The van der Waals surface area contributed by atoms with E-state index in [1.165, 1.54) is 0 Å². The zero-order valence-corrected chi connectivity index (χ0v) is 10.9. The van der Waals surface area contributed by atoms with Crippen LogP contribution in [0.3, 0.4) is 0 Å². The molecule has 3 nitrogen and oxygen atoms in total. The summed E-state index contributed by atoms with van der Waals surface area (Å²) in [4.78, 5) is 0. The number of hydrogen-bond donors (Lipinski definition) is 2. The van der Waals surface area contributed by atoms with E-state index in [1.54, 1.807) is 7.11 Å². The van der Waals surface area contributed by atoms with Crippen LogP contribution < -0.4 is 11.3 Å². The third-order valence-electron chi connectivity index (χ3n) is 2.66. The van der Waals surface area contributed by atoms with Gasteiger partial charge in [0.2, 0.25) is 0 Å². The molecule has 0 fully saturated rings. The van der Waals surface area contributed by atoms with Crippen molar-refractivity contribution in [1.29, 1.82) is 0 Å². The molecule has 0 aliphatic carbocycles. The quantitative estimate of drug-likeness (QED) is 0.567. The van der Waals surface area contributed by atoms with Gasteiger partial charge in [0, 0.05) is 19.6 Å². The number of alkyl halides is 3. The smallest absolute Gasteiger partial charge is 0.379 e. The molecule has 0 aromatic carbocycles. The molecular weight excluding hydrogens is 233 g/mol. The van der Waals surface area contributed by atoms with Crippen molar-refractivity contribution in [2.45, 2.75) is 58.4 Å². The van der Waals surface area contributed by atoms with Crippen LogP contribution >= 0.6 is 0 Å². The van der Waals surface area contributed by atoms with Crippen molar-refractivity contribution >= 4 is 0 Å². The second-order valence-electron chi connectivity index (χ2n) is 5.30. The van der Waals surface area contributed by atoms with Gasteiger partial charge >= 0.3 is 6.18 Å². The van der Waals surface area contributed by atoms with Gasteiger partial charge in [0.25, 0.3) is 0 Å². The Hall–Kier alpha value is -0.330. The van der Waals surface area contributed by atoms with Crippen LogP contribution in [-0.4, -0.2) is 25.4 Å². The normalized spacial score (nSPS) is 16.9. The fourth-order valence-electron chi connectivity index (χ4n) is 1.97. The lowest BCUT2D eigenvalue weighted by molar-refractivity contribution is -0.136. The molecule has 0 aromatic rings. The predicted octanol–water partition coefficient (Wildman–Crippen LogP) is 2.61. The minimum Gasteiger partial charge on any atom is -0.379 e. The van der Waals surface area contributed by atoms with Crippen molar-refractivity contribution < 1.29 is 17.9 Å². The lowest BCUT2D eigenvalue weighted by atomic mass is 9.83. The number of nitrogens with one attached hydrogen (secondary N) is 1. The Labute approximate surface area is 101 Å². The van der Waals surface area contributed by atoms with Gasteiger partial charge in [-0.25, -0.2) is 0 Å². The fourth-order valence-corrected chi connectivity index (χ4v) is 1.97. The summed E-state index contributed by atoms with van der Waals surface area (Å²) in [5.74, 6) is 5.38. The summed E-state index contributed by atoms with van der Waals surface area (Å²) < 4.78 is 41.5. The van der Waals surface area contributed by atoms with Crippen LogP contribution in [0.4, 0.5) is 13.2 Å². The van der Waals surface area contributed by atoms with Gasteiger partial charge in [-0.15, -0.1) is 0 Å². The maximum atomic E-state index is 12.0. The number of nitrogens with two attached hydrogens (primary N) is 1. The topological polar surface area (TPSA) is 47.3 Å². The maximum absolute atomic E-state index is 12.0. The molecule has 0 heterocycles. The van der Waals surface area contributed by atoms with Crippen molar-refractivity contribution in [1.82, 2.24) is 5.43 Å². The number of halogens is 3. The van der Waals surface area contributed by atoms with Crippen molar-refractivity contribution in [3.63, 3.8) is 0 Å². The number of methoxy groups -OCH3 is 1. The number of hydrazine groups is 1. The SMILES string of the molecule is COC(C(CCCC(F)(F)F)NN)C(C)(C)C. The summed E-state index contributed by atoms with van der Waals surface area (Å²) in [7, 11) is 1.55. The van der Waals surface area contributed by atoms with E-state index in [4.69, 9.17) is 10.6 Å². The molecule has 0 aliphatic heterocycles. The van der Waals surface area contributed by atoms with Crippen LogP contribution in [0.2, 0.25) is 0 Å². The molecule has 0 saturated carbocycles. The Morgan fingerprint density at radius 2 is 1.76 bits per heavy atom. The second kappa shape index (κ2) is 6.56. The van der Waals surface area contributed by atoms with E-state index in [1.807, 2.05) is 20.8 Å². The highest BCUT2D eigenvalue weighted by Crippen LogP contribution is 2.28. The van der Waals surface area contributed by atoms with Crippen molar-refractivity contribution in [3.8, 4) is 0 Å². The molecule has 0 radical (unpaired) electrons. The molecule has 0 aliphatic rings. The first-order valence-corrected chi connectivity index (χ1v) is 5.67. The van der Waals surface area contributed by atoms with Gasteiger partial charge in [0.15, 0.2) is 0 Å². The summed E-state index contributed by atoms with van der Waals surface area (Å²) in [6.07, 6.45) is -4.73. The van der Waals surface area contributed by atoms with E-state index in [-0.39, 0.29) is 24.0 Å². The summed E-state index contributed by atoms with van der Waals surface area (Å²) in [5, 5.41) is 0. The van der Waals surface area contributed by atoms with Gasteiger partial charge in [-0.05, 0) is 18.3 Å². The van der Waals surface area contributed by atoms with Gasteiger partial charge in [-0.1, -0.05) is 20.8 Å². The highest BCUT2D eigenvalue weighted by molar-refractivity contribution is 4.85. The van der Waals surface area contributed by atoms with Crippen molar-refractivity contribution in [2.24, 2.45) is 11.3 Å². The van der Waals surface area contributed by atoms with Crippen LogP contribution in [-0.2, 0) is 4.74 Å². The Balaban J connectivity index is 4.31. The van der Waals surface area contributed by atoms with Crippen LogP contribution in [0.25, 0.3) is 0 Å². The highest BCUT2D eigenvalue weighted by atomic mass is 19.4. The minimum absolute atomic E-state index is 0.0499. The second-order valence-corrected chi connectivity index (χ2v) is 5.30. The molecule has 0 bridgehead atoms. The molecule has 17 heavy (non-hydrogen) atoms. The van der Waals surface area contributed by atoms with E-state index in [0.29, 0.717) is 6.42 Å². The summed E-state index contributed by atoms with van der Waals surface area (Å²) in [6, 6.07) is -0.276. The molecule has 2 unspecified atom stereocenters. The average Bonchev–Trinajstić information content (AvgIpc) is 2.12. The molecule has 0 saturated heterocycles. The van der Waals surface area contributed by atoms with E-state index >= 15 is 0 Å². The standard InChI is InChI=1S/C11H23F3N2O/c1-10(2,3)9(17-4)8(16-15)6-5-7-11(12,13)14/h8-9,16H,5-7,15H2,1-4H3. The van der Waals surface area contributed by atoms with Crippen molar-refractivity contribution in [3.05, 3.63) is 0 Å². The first kappa shape index (κ1) is 16.7. The lowest BCUT2D eigenvalue weighted by Gasteiger charge is -2.35. The Kier molecular flexibility index (Phi) is 6.43. The molecule has 0 aromatic heterocycles. The van der Waals surface area contributed by atoms with E-state index in [0.717, 1.165) is 0 Å². The van der Waals surface area contributed by atoms with Gasteiger partial charge in [0.05, 0.1) is 6.10 Å². The predicted molar refractivity (Wildman–Crippen MR) is 61.3 cm³/mol. The lowest BCUT2D eigenvalue weighted by Crippen LogP contribution is -2.50. The summed E-state index contributed by atoms with van der Waals surface area (Å²) >= 11 is 0. The molecule has 0 rings (SSSR count). The number of hydrogen-bond acceptors (Lipinski definition) is 3. The molecule has 0 amide bonds. The third-order valence-corrected chi connectivity index (χ3v) is 2.66. The number of rotatable bonds is 6. The van der Waals surface area contributed by atoms with Crippen molar-refractivity contribution in [2.75, 3.05) is 7.11 Å². The molecule has 104 valence electrons. The third kappa shape index (κ3) is 6.85. The van der Waals surface area contributed by atoms with Gasteiger partial charge < -0.3 is 4.74 Å². The van der Waals surface area contributed by atoms with Crippen LogP contribution in [0.5, 0.6) is 0 Å². The van der Waals surface area contributed by atoms with Gasteiger partial charge in [0.1, 0.15) is 0 Å². The molecule has 2 atom stereocenters. The summed E-state index contributed by atoms with van der Waals surface area (Å²) in [6.45, 7) is 5.90. The minimum atomic E-state index is -4.11. The maximum Gasteiger partial charge on any atom is 0.389 e. The zero-order chi connectivity index (χ0) is 13.7. The Morgan fingerprint density at radius 1 is 1.24 bits per heavy atom. The molecular formula is C11H23F3N2O. The average molecular weight is 256 g/mol. The molecule has 3 N–H and O–H groups in total. The highest BCUT2D eigenvalue weighted by Gasteiger charge is 2.33. The first-order chi connectivity index (χ1) is 7.61. The summed E-state index contributed by atoms with van der Waals surface area (Å²) in [5.41, 5.74) is 2.38. The largest absolute Gasteiger partial charge is 0.389 e. The monoisotopic (exact) mass is 256 g/mol. The Morgan fingerprint density at radius 3 is 2.06 bits per heavy atom. The number of ether oxygens (including phenoxy) is 1. The van der Waals surface area contributed by atoms with E-state index in [9.17, 15) is 13.2 Å². The fraction of sp³-hybridized carbons (Fsp3) is 1.00. The van der Waals surface area contributed by atoms with Crippen LogP contribution in [0.1, 0.15) is 40.0 Å². The Bertz CT molecular complexity index is 214. The van der Waals surface area contributed by atoms with E-state index in [2.05, 4.69) is 5.43 Å².